The molecule has 0 spiro atoms. The van der Waals surface area contributed by atoms with Crippen molar-refractivity contribution in [3.8, 4) is 0 Å². The molecule has 2 unspecified atom stereocenters. The monoisotopic (exact) mass is 478 g/mol. The number of ketones is 3. The van der Waals surface area contributed by atoms with Crippen LogP contribution in [0.5, 0.6) is 0 Å². The van der Waals surface area contributed by atoms with E-state index in [0.29, 0.717) is 24.8 Å². The van der Waals surface area contributed by atoms with E-state index < -0.39 is 48.7 Å². The Hall–Kier alpha value is -0.220. The van der Waals surface area contributed by atoms with Gasteiger partial charge in [-0.15, -0.1) is 0 Å². The zero-order chi connectivity index (χ0) is 23.0. The van der Waals surface area contributed by atoms with Gasteiger partial charge in [-0.2, -0.15) is 0 Å². The molecule has 4 rings (SSSR count). The largest absolute Gasteiger partial charge is 1.00 e. The molecule has 4 aliphatic carbocycles. The summed E-state index contributed by atoms with van der Waals surface area (Å²) < 4.78 is 16.5. The first-order valence-corrected chi connectivity index (χ1v) is 12.1. The second-order valence-electron chi connectivity index (χ2n) is 10.0. The first-order chi connectivity index (χ1) is 14.3. The summed E-state index contributed by atoms with van der Waals surface area (Å²) >= 11 is 0. The molecule has 4 aliphatic rings. The number of phosphoric ester groups is 1. The first-order valence-electron chi connectivity index (χ1n) is 10.6. The summed E-state index contributed by atoms with van der Waals surface area (Å²) in [4.78, 5) is 59.1. The maximum Gasteiger partial charge on any atom is 1.00 e. The van der Waals surface area contributed by atoms with Gasteiger partial charge in [0.15, 0.2) is 11.6 Å². The Labute approximate surface area is 208 Å². The van der Waals surface area contributed by atoms with Gasteiger partial charge >= 0.3 is 29.6 Å². The van der Waals surface area contributed by atoms with Gasteiger partial charge in [-0.25, -0.2) is 0 Å². The quantitative estimate of drug-likeness (QED) is 0.292. The van der Waals surface area contributed by atoms with Gasteiger partial charge in [0, 0.05) is 29.6 Å². The summed E-state index contributed by atoms with van der Waals surface area (Å²) in [6, 6.07) is 0. The second-order valence-corrected chi connectivity index (χ2v) is 11.2. The van der Waals surface area contributed by atoms with Crippen molar-refractivity contribution in [2.45, 2.75) is 64.1 Å². The van der Waals surface area contributed by atoms with Crippen LogP contribution in [0.3, 0.4) is 0 Å². The van der Waals surface area contributed by atoms with E-state index in [0.717, 1.165) is 0 Å². The van der Waals surface area contributed by atoms with Gasteiger partial charge in [-0.1, -0.05) is 19.4 Å². The number of phosphoric acid groups is 1. The molecule has 3 saturated carbocycles. The van der Waals surface area contributed by atoms with E-state index >= 15 is 0 Å². The minimum absolute atomic E-state index is 0. The Kier molecular flexibility index (Phi) is 6.98. The third kappa shape index (κ3) is 3.69. The fourth-order valence-electron chi connectivity index (χ4n) is 7.30. The molecule has 3 fully saturated rings. The zero-order valence-corrected chi connectivity index (χ0v) is 21.5. The predicted molar refractivity (Wildman–Crippen MR) is 104 cm³/mol. The van der Waals surface area contributed by atoms with E-state index in [2.05, 4.69) is 0 Å². The normalized spacial score (nSPS) is 45.0. The van der Waals surface area contributed by atoms with Gasteiger partial charge in [-0.05, 0) is 43.6 Å². The van der Waals surface area contributed by atoms with Gasteiger partial charge in [-0.3, -0.25) is 18.9 Å². The van der Waals surface area contributed by atoms with Crippen molar-refractivity contribution in [3.05, 3.63) is 11.6 Å². The van der Waals surface area contributed by atoms with Crippen molar-refractivity contribution in [3.63, 3.8) is 0 Å². The SMILES string of the molecule is C[C@]12CC(=O)[C@H]3[C@@H](CCC4=CC(=O)CC(OP(=O)([O-])O)[C@@]43C)[C@@H]1CC[C@]2(O)C(=O)CO.[Na+]. The molecule has 0 radical (unpaired) electrons. The molecule has 0 saturated heterocycles. The third-order valence-corrected chi connectivity index (χ3v) is 9.28. The molecular weight excluding hydrogens is 450 g/mol. The smallest absolute Gasteiger partial charge is 0.756 e. The topological polar surface area (TPSA) is 161 Å². The fraction of sp³-hybridized carbons (Fsp3) is 0.762. The number of carbonyl (C=O) groups excluding carboxylic acids is 3. The van der Waals surface area contributed by atoms with Crippen LogP contribution in [0.4, 0.5) is 0 Å². The van der Waals surface area contributed by atoms with Crippen LogP contribution in [0.1, 0.15) is 52.4 Å². The van der Waals surface area contributed by atoms with Crippen LogP contribution in [-0.2, 0) is 23.5 Å². The van der Waals surface area contributed by atoms with Crippen LogP contribution in [0.25, 0.3) is 0 Å². The molecule has 0 aromatic heterocycles. The van der Waals surface area contributed by atoms with Gasteiger partial charge < -0.3 is 24.5 Å². The molecule has 11 heteroatoms. The average molecular weight is 478 g/mol. The van der Waals surface area contributed by atoms with E-state index in [4.69, 9.17) is 4.52 Å². The van der Waals surface area contributed by atoms with Crippen LogP contribution >= 0.6 is 7.82 Å². The van der Waals surface area contributed by atoms with E-state index in [1.807, 2.05) is 0 Å². The van der Waals surface area contributed by atoms with Crippen molar-refractivity contribution in [1.29, 1.82) is 0 Å². The average Bonchev–Trinajstić information content (AvgIpc) is 2.92. The standard InChI is InChI=1S/C21H29O9P.Na/c1-19-9-15(24)18-13(14(19)5-6-21(19,26)16(25)10-22)4-3-11-7-12(23)8-17(20(11,18)2)30-31(27,28)29;/h7,13-14,17-18,22,26H,3-6,8-10H2,1-2H3,(H2,27,28,29);/q;+1/p-1/t13-,14-,17?,18+,19-,20+,21-;/m0./s1. The van der Waals surface area contributed by atoms with Crippen molar-refractivity contribution >= 4 is 25.2 Å². The van der Waals surface area contributed by atoms with Crippen LogP contribution in [0.2, 0.25) is 0 Å². The maximum absolute atomic E-state index is 13.6. The first kappa shape index (κ1) is 26.4. The molecule has 0 aromatic carbocycles. The van der Waals surface area contributed by atoms with Crippen LogP contribution in [-0.4, -0.2) is 50.8 Å². The van der Waals surface area contributed by atoms with E-state index in [1.165, 1.54) is 6.08 Å². The summed E-state index contributed by atoms with van der Waals surface area (Å²) in [6.45, 7) is 2.62. The number of carbonyl (C=O) groups is 3. The van der Waals surface area contributed by atoms with E-state index in [9.17, 15) is 38.9 Å². The van der Waals surface area contributed by atoms with Crippen molar-refractivity contribution in [2.24, 2.45) is 28.6 Å². The third-order valence-electron chi connectivity index (χ3n) is 8.75. The van der Waals surface area contributed by atoms with Crippen LogP contribution < -0.4 is 34.5 Å². The van der Waals surface area contributed by atoms with Crippen molar-refractivity contribution < 1.29 is 73.0 Å². The van der Waals surface area contributed by atoms with Gasteiger partial charge in [0.1, 0.15) is 18.0 Å². The molecular formula is C21H28NaO9P. The minimum atomic E-state index is -5.16. The molecule has 8 atom stereocenters. The number of aliphatic hydroxyl groups is 2. The molecule has 0 aromatic rings. The zero-order valence-electron chi connectivity index (χ0n) is 18.6. The van der Waals surface area contributed by atoms with Gasteiger partial charge in [0.2, 0.25) is 0 Å². The van der Waals surface area contributed by atoms with Gasteiger partial charge in [0.25, 0.3) is 7.82 Å². The summed E-state index contributed by atoms with van der Waals surface area (Å²) in [5.74, 6) is -2.35. The molecule has 3 N–H and O–H groups in total. The number of hydrogen-bond acceptors (Lipinski definition) is 8. The predicted octanol–water partition coefficient (Wildman–Crippen LogP) is -2.55. The van der Waals surface area contributed by atoms with Crippen LogP contribution in [0, 0.1) is 28.6 Å². The van der Waals surface area contributed by atoms with E-state index in [-0.39, 0.29) is 72.2 Å². The fourth-order valence-corrected chi connectivity index (χ4v) is 7.91. The Bertz CT molecular complexity index is 928. The molecule has 172 valence electrons. The minimum Gasteiger partial charge on any atom is -0.756 e. The Morgan fingerprint density at radius 3 is 2.56 bits per heavy atom. The molecule has 0 bridgehead atoms. The number of Topliss-reactive ketones (excluding diaryl/α,β-unsaturated/α-hetero) is 2. The van der Waals surface area contributed by atoms with Crippen LogP contribution in [0.15, 0.2) is 11.6 Å². The molecule has 32 heavy (non-hydrogen) atoms. The number of rotatable bonds is 4. The van der Waals surface area contributed by atoms with E-state index in [1.54, 1.807) is 13.8 Å². The molecule has 0 heterocycles. The molecule has 9 nitrogen and oxygen atoms in total. The number of aliphatic hydroxyl groups excluding tert-OH is 1. The Morgan fingerprint density at radius 2 is 1.97 bits per heavy atom. The number of hydrogen-bond donors (Lipinski definition) is 3. The maximum atomic E-state index is 13.6. The molecule has 0 amide bonds. The second kappa shape index (κ2) is 8.47. The van der Waals surface area contributed by atoms with Gasteiger partial charge in [0.05, 0.1) is 6.10 Å². The Balaban J connectivity index is 0.00000289. The van der Waals surface area contributed by atoms with Crippen molar-refractivity contribution in [1.82, 2.24) is 0 Å². The van der Waals surface area contributed by atoms with Crippen molar-refractivity contribution in [2.75, 3.05) is 6.61 Å². The summed E-state index contributed by atoms with van der Waals surface area (Å²) in [6.07, 6.45) is 1.54. The summed E-state index contributed by atoms with van der Waals surface area (Å²) in [5.41, 5.74) is -3.29. The summed E-state index contributed by atoms with van der Waals surface area (Å²) in [7, 11) is -5.16. The summed E-state index contributed by atoms with van der Waals surface area (Å²) in [5, 5.41) is 20.6. The Morgan fingerprint density at radius 1 is 1.31 bits per heavy atom. The molecule has 0 aliphatic heterocycles. The number of fused-ring (bicyclic) bond motifs is 5.